The third kappa shape index (κ3) is 11.9. The van der Waals surface area contributed by atoms with E-state index in [0.29, 0.717) is 21.8 Å². The quantitative estimate of drug-likeness (QED) is 0.127. The predicted octanol–water partition coefficient (Wildman–Crippen LogP) is 25.7. The van der Waals surface area contributed by atoms with Crippen LogP contribution in [0, 0.1) is 10.8 Å². The maximum Gasteiger partial charge on any atom is 0.252 e. The number of anilines is 6. The Morgan fingerprint density at radius 1 is 0.305 bits per heavy atom. The highest BCUT2D eigenvalue weighted by Crippen LogP contribution is 2.55. The van der Waals surface area contributed by atoms with Crippen LogP contribution in [0.3, 0.4) is 0 Å². The average molecular weight is 1370 g/mol. The molecule has 0 fully saturated rings. The van der Waals surface area contributed by atoms with E-state index in [-0.39, 0.29) is 70.0 Å². The smallest absolute Gasteiger partial charge is 0.252 e. The van der Waals surface area contributed by atoms with E-state index in [4.69, 9.17) is 0 Å². The molecule has 2 aromatic heterocycles. The van der Waals surface area contributed by atoms with Crippen LogP contribution in [0.5, 0.6) is 0 Å². The number of hydrogen-bond donors (Lipinski definition) is 0. The summed E-state index contributed by atoms with van der Waals surface area (Å²) in [5.41, 5.74) is 25.2. The molecule has 105 heavy (non-hydrogen) atoms. The molecule has 0 aliphatic carbocycles. The summed E-state index contributed by atoms with van der Waals surface area (Å²) in [6.45, 7) is 33.3. The van der Waals surface area contributed by atoms with Crippen LogP contribution in [0.15, 0.2) is 279 Å². The van der Waals surface area contributed by atoms with Gasteiger partial charge in [-0.3, -0.25) is 0 Å². The van der Waals surface area contributed by atoms with Crippen molar-refractivity contribution in [1.82, 2.24) is 9.13 Å². The molecule has 0 saturated heterocycles. The van der Waals surface area contributed by atoms with E-state index in [1.165, 1.54) is 11.1 Å². The first-order valence-corrected chi connectivity index (χ1v) is 37.3. The minimum Gasteiger partial charge on any atom is -0.310 e. The first-order chi connectivity index (χ1) is 53.5. The normalized spacial score (nSPS) is 14.4. The zero-order valence-electron chi connectivity index (χ0n) is 71.2. The first-order valence-electron chi connectivity index (χ1n) is 41.3. The summed E-state index contributed by atoms with van der Waals surface area (Å²) >= 11 is 0. The number of nitrogens with zero attached hydrogens (tertiary/aromatic N) is 4. The van der Waals surface area contributed by atoms with E-state index in [1.54, 1.807) is 0 Å². The van der Waals surface area contributed by atoms with Gasteiger partial charge in [-0.05, 0) is 203 Å². The molecule has 0 saturated carbocycles. The van der Waals surface area contributed by atoms with Gasteiger partial charge < -0.3 is 18.9 Å². The summed E-state index contributed by atoms with van der Waals surface area (Å²) in [7, 11) is 0. The van der Waals surface area contributed by atoms with E-state index in [1.807, 2.05) is 0 Å². The molecule has 2 aliphatic rings. The van der Waals surface area contributed by atoms with Gasteiger partial charge in [-0.25, -0.2) is 0 Å². The Morgan fingerprint density at radius 2 is 0.638 bits per heavy atom. The van der Waals surface area contributed by atoms with E-state index in [2.05, 4.69) is 353 Å². The number of fused-ring (bicyclic) bond motifs is 10. The zero-order valence-corrected chi connectivity index (χ0v) is 63.2. The molecule has 4 nitrogen and oxygen atoms in total. The van der Waals surface area contributed by atoms with Gasteiger partial charge in [0.2, 0.25) is 0 Å². The van der Waals surface area contributed by atoms with Crippen LogP contribution in [0.4, 0.5) is 34.1 Å². The molecule has 2 aliphatic heterocycles. The predicted molar refractivity (Wildman–Crippen MR) is 453 cm³/mol. The highest BCUT2D eigenvalue weighted by atomic mass is 15.2. The fourth-order valence-electron chi connectivity index (χ4n) is 16.7. The number of para-hydroxylation sites is 2. The van der Waals surface area contributed by atoms with E-state index in [9.17, 15) is 11.0 Å². The lowest BCUT2D eigenvalue weighted by molar-refractivity contribution is 0.411. The van der Waals surface area contributed by atoms with Crippen molar-refractivity contribution in [3.63, 3.8) is 0 Å². The largest absolute Gasteiger partial charge is 0.310 e. The molecule has 0 unspecified atom stereocenters. The summed E-state index contributed by atoms with van der Waals surface area (Å²) < 4.78 is 81.1. The zero-order chi connectivity index (χ0) is 79.8. The van der Waals surface area contributed by atoms with Crippen molar-refractivity contribution in [2.75, 3.05) is 9.80 Å². The molecule has 5 heteroatoms. The highest BCUT2D eigenvalue weighted by Gasteiger charge is 2.47. The number of aromatic nitrogens is 2. The Morgan fingerprint density at radius 3 is 0.962 bits per heavy atom. The van der Waals surface area contributed by atoms with Crippen LogP contribution in [-0.4, -0.2) is 15.8 Å². The number of rotatable bonds is 10. The van der Waals surface area contributed by atoms with Gasteiger partial charge in [0.15, 0.2) is 0 Å². The van der Waals surface area contributed by atoms with Crippen LogP contribution in [0.2, 0.25) is 0 Å². The molecule has 0 N–H and O–H groups in total. The van der Waals surface area contributed by atoms with Gasteiger partial charge in [-0.1, -0.05) is 286 Å². The third-order valence-corrected chi connectivity index (χ3v) is 21.5. The summed E-state index contributed by atoms with van der Waals surface area (Å²) in [6.07, 6.45) is 1.60. The standard InChI is InChI=1S/C100H95BN4/c1-96(2,3)62-64-52-77(66-32-20-16-21-33-66)94(78(53-64)67-34-22-17-23-35-67)104-89-60-73(102-85-42-30-28-40-75(85)81-56-70(98(7,8)9)44-50-87(81)102)46-48-83(89)101-84-49-47-74(103-86-43-31-29-41-76(86)82-57-71(99(10,11)12)45-51-88(82)103)61-90(84)105(92-59-72(100(13,14)15)58-91(104)93(92)101)95-79(68-36-24-18-25-37-68)54-65(63-97(4,5)6)55-80(95)69-38-26-19-27-39-69/h16-61H,62-63H2,1-15H3/i28D,29D,30D,31D,40D,41D,42D,43D. The molecule has 17 rings (SSSR count). The highest BCUT2D eigenvalue weighted by molar-refractivity contribution is 7.00. The topological polar surface area (TPSA) is 16.3 Å². The summed E-state index contributed by atoms with van der Waals surface area (Å²) in [4.78, 5) is 5.13. The van der Waals surface area contributed by atoms with Gasteiger partial charge in [0, 0.05) is 77.9 Å². The van der Waals surface area contributed by atoms with Crippen LogP contribution >= 0.6 is 0 Å². The van der Waals surface area contributed by atoms with Crippen LogP contribution in [0.1, 0.15) is 143 Å². The van der Waals surface area contributed by atoms with Gasteiger partial charge in [0.05, 0.1) is 44.4 Å². The maximum absolute atomic E-state index is 10.0. The Kier molecular flexibility index (Phi) is 13.9. The Balaban J connectivity index is 1.09. The lowest BCUT2D eigenvalue weighted by atomic mass is 9.33. The van der Waals surface area contributed by atoms with Crippen LogP contribution in [0.25, 0.3) is 99.5 Å². The number of benzene rings is 13. The van der Waals surface area contributed by atoms with Crippen molar-refractivity contribution in [1.29, 1.82) is 0 Å². The Bertz CT molecular complexity index is 5930. The summed E-state index contributed by atoms with van der Waals surface area (Å²) in [5, 5.41) is 2.41. The maximum atomic E-state index is 10.0. The monoisotopic (exact) mass is 1370 g/mol. The molecule has 0 radical (unpaired) electrons. The second kappa shape index (κ2) is 24.9. The van der Waals surface area contributed by atoms with Crippen molar-refractivity contribution >= 4 is 101 Å². The fourth-order valence-corrected chi connectivity index (χ4v) is 16.7. The molecular formula is C100H95BN4. The fraction of sp³-hybridized carbons (Fsp3) is 0.220. The molecule has 518 valence electrons. The minimum atomic E-state index is -0.495. The number of hydrogen-bond acceptors (Lipinski definition) is 2. The van der Waals surface area contributed by atoms with Gasteiger partial charge in [0.1, 0.15) is 0 Å². The Labute approximate surface area is 633 Å². The molecular weight excluding hydrogens is 1270 g/mol. The molecule has 13 aromatic carbocycles. The molecule has 4 heterocycles. The van der Waals surface area contributed by atoms with Gasteiger partial charge >= 0.3 is 0 Å². The third-order valence-electron chi connectivity index (χ3n) is 21.5. The molecule has 0 bridgehead atoms. The van der Waals surface area contributed by atoms with Gasteiger partial charge in [-0.2, -0.15) is 0 Å². The lowest BCUT2D eigenvalue weighted by Crippen LogP contribution is -2.61. The van der Waals surface area contributed by atoms with Gasteiger partial charge in [-0.15, -0.1) is 0 Å². The van der Waals surface area contributed by atoms with E-state index >= 15 is 0 Å². The molecule has 0 spiro atoms. The summed E-state index contributed by atoms with van der Waals surface area (Å²) in [6, 6.07) is 82.5. The van der Waals surface area contributed by atoms with Crippen molar-refractivity contribution in [2.24, 2.45) is 10.8 Å². The minimum absolute atomic E-state index is 0.0877. The second-order valence-corrected chi connectivity index (χ2v) is 34.9. The van der Waals surface area contributed by atoms with Crippen LogP contribution in [-0.2, 0) is 29.1 Å². The SMILES string of the molecule is [2H]c1c([2H])c([2H])c2c(c1[2H])c1cc(C(C)(C)C)ccc1n2-c1ccc2c(c1)N(c1c(-c3ccccc3)cc(CC(C)(C)C)cc1-c1ccccc1)c1cc(C(C)(C)C)cc3c1B2c1ccc(-n2c4ccc(C(C)(C)C)cc4c4c([2H])c([2H])c([2H])c([2H])c42)cc1N3c1c(-c2ccccc2)cc(CC(C)(C)C)cc1-c1ccccc1. The molecule has 0 amide bonds. The van der Waals surface area contributed by atoms with Crippen molar-refractivity contribution < 1.29 is 11.0 Å². The van der Waals surface area contributed by atoms with Crippen molar-refractivity contribution in [2.45, 2.75) is 133 Å². The van der Waals surface area contributed by atoms with E-state index < -0.39 is 12.1 Å². The Hall–Kier alpha value is -10.9. The van der Waals surface area contributed by atoms with Crippen LogP contribution < -0.4 is 26.2 Å². The van der Waals surface area contributed by atoms with Gasteiger partial charge in [0.25, 0.3) is 6.71 Å². The first kappa shape index (κ1) is 58.5. The lowest BCUT2D eigenvalue weighted by Gasteiger charge is -2.46. The van der Waals surface area contributed by atoms with E-state index in [0.717, 1.165) is 158 Å². The van der Waals surface area contributed by atoms with Crippen molar-refractivity contribution in [3.8, 4) is 55.9 Å². The molecule has 0 atom stereocenters. The average Bonchev–Trinajstić information content (AvgIpc) is 0.886. The van der Waals surface area contributed by atoms with Crippen molar-refractivity contribution in [3.05, 3.63) is 307 Å². The summed E-state index contributed by atoms with van der Waals surface area (Å²) in [5.74, 6) is 0. The molecule has 15 aromatic rings. The second-order valence-electron chi connectivity index (χ2n) is 34.9.